The number of nitrogens with one attached hydrogen (secondary N) is 2. The van der Waals surface area contributed by atoms with Crippen LogP contribution in [0.4, 0.5) is 0 Å². The molecule has 1 unspecified atom stereocenters. The van der Waals surface area contributed by atoms with Gasteiger partial charge in [0.25, 0.3) is 0 Å². The average Bonchev–Trinajstić information content (AvgIpc) is 2.67. The third-order valence-electron chi connectivity index (χ3n) is 6.03. The van der Waals surface area contributed by atoms with E-state index in [4.69, 9.17) is 4.74 Å². The van der Waals surface area contributed by atoms with Crippen LogP contribution in [0.15, 0.2) is 29.3 Å². The van der Waals surface area contributed by atoms with Crippen molar-refractivity contribution in [3.8, 4) is 5.75 Å². The van der Waals surface area contributed by atoms with E-state index < -0.39 is 0 Å². The lowest BCUT2D eigenvalue weighted by molar-refractivity contribution is -0.127. The maximum Gasteiger partial charge on any atom is 0.243 e. The molecule has 1 saturated carbocycles. The van der Waals surface area contributed by atoms with Crippen LogP contribution < -0.4 is 15.4 Å². The summed E-state index contributed by atoms with van der Waals surface area (Å²) in [4.78, 5) is 18.3. The highest BCUT2D eigenvalue weighted by atomic mass is 127. The maximum absolute atomic E-state index is 12.1. The number of carbonyl (C=O) groups is 1. The van der Waals surface area contributed by atoms with Crippen molar-refractivity contribution < 1.29 is 9.53 Å². The molecule has 1 heterocycles. The molecule has 2 N–H and O–H groups in total. The third-order valence-corrected chi connectivity index (χ3v) is 6.03. The minimum absolute atomic E-state index is 0. The molecule has 0 bridgehead atoms. The molecule has 30 heavy (non-hydrogen) atoms. The smallest absolute Gasteiger partial charge is 0.243 e. The van der Waals surface area contributed by atoms with Crippen molar-refractivity contribution in [2.75, 3.05) is 33.8 Å². The summed E-state index contributed by atoms with van der Waals surface area (Å²) < 4.78 is 5.79. The summed E-state index contributed by atoms with van der Waals surface area (Å²) >= 11 is 0. The summed E-state index contributed by atoms with van der Waals surface area (Å²) in [7, 11) is 3.53. The number of nitrogens with zero attached hydrogens (tertiary/aromatic N) is 2. The van der Waals surface area contributed by atoms with Crippen LogP contribution in [0.2, 0.25) is 0 Å². The van der Waals surface area contributed by atoms with Gasteiger partial charge in [0.15, 0.2) is 5.96 Å². The normalized spacial score (nSPS) is 19.6. The predicted octanol–water partition coefficient (Wildman–Crippen LogP) is 3.97. The highest BCUT2D eigenvalue weighted by molar-refractivity contribution is 14.0. The summed E-state index contributed by atoms with van der Waals surface area (Å²) in [5.41, 5.74) is 1.50. The van der Waals surface area contributed by atoms with Crippen molar-refractivity contribution in [3.63, 3.8) is 0 Å². The van der Waals surface area contributed by atoms with E-state index >= 15 is 0 Å². The quantitative estimate of drug-likeness (QED) is 0.320. The number of fused-ring (bicyclic) bond motifs is 1. The zero-order valence-corrected chi connectivity index (χ0v) is 21.1. The Bertz CT molecular complexity index is 732. The standard InChI is InChI=1S/C23H36N4O2.HI/c1-17(2)14-23(11-7-12-23)16-25-22(24-15-21(28)27(3)4)26-19-10-13-29-20-9-6-5-8-18(19)20;/h5-6,8-9,17,19H,7,10-16H2,1-4H3,(H2,24,25,26);1H. The molecule has 0 saturated heterocycles. The van der Waals surface area contributed by atoms with Crippen molar-refractivity contribution >= 4 is 35.8 Å². The Kier molecular flexibility index (Phi) is 9.25. The number of para-hydroxylation sites is 1. The van der Waals surface area contributed by atoms with Crippen molar-refractivity contribution in [3.05, 3.63) is 29.8 Å². The van der Waals surface area contributed by atoms with Crippen molar-refractivity contribution in [2.45, 2.75) is 52.0 Å². The zero-order chi connectivity index (χ0) is 20.9. The van der Waals surface area contributed by atoms with Gasteiger partial charge in [0.1, 0.15) is 12.3 Å². The fourth-order valence-corrected chi connectivity index (χ4v) is 4.36. The number of benzene rings is 1. The van der Waals surface area contributed by atoms with Crippen LogP contribution in [0.5, 0.6) is 5.75 Å². The Morgan fingerprint density at radius 3 is 2.67 bits per heavy atom. The Morgan fingerprint density at radius 1 is 1.30 bits per heavy atom. The molecular weight excluding hydrogens is 491 g/mol. The second-order valence-corrected chi connectivity index (χ2v) is 9.13. The second kappa shape index (κ2) is 11.2. The highest BCUT2D eigenvalue weighted by Crippen LogP contribution is 2.45. The SMILES string of the molecule is CC(C)CC1(CNC(=NCC(=O)N(C)C)NC2CCOc3ccccc32)CCC1.I. The first-order valence-corrected chi connectivity index (χ1v) is 10.9. The second-order valence-electron chi connectivity index (χ2n) is 9.13. The van der Waals surface area contributed by atoms with Crippen LogP contribution in [-0.4, -0.2) is 50.6 Å². The number of carbonyl (C=O) groups excluding carboxylic acids is 1. The number of likely N-dealkylation sites (N-methyl/N-ethyl adjacent to an activating group) is 1. The van der Waals surface area contributed by atoms with Gasteiger partial charge >= 0.3 is 0 Å². The van der Waals surface area contributed by atoms with Crippen molar-refractivity contribution in [1.29, 1.82) is 0 Å². The lowest BCUT2D eigenvalue weighted by Gasteiger charge is -2.44. The Hall–Kier alpha value is -1.51. The Morgan fingerprint density at radius 2 is 2.03 bits per heavy atom. The molecule has 0 spiro atoms. The van der Waals surface area contributed by atoms with Crippen molar-refractivity contribution in [2.24, 2.45) is 16.3 Å². The molecule has 1 amide bonds. The number of hydrogen-bond donors (Lipinski definition) is 2. The van der Waals surface area contributed by atoms with Crippen LogP contribution in [-0.2, 0) is 4.79 Å². The van der Waals surface area contributed by atoms with Crippen LogP contribution in [0.1, 0.15) is 57.6 Å². The third kappa shape index (κ3) is 6.49. The molecule has 1 aromatic rings. The van der Waals surface area contributed by atoms with Gasteiger partial charge in [-0.25, -0.2) is 4.99 Å². The topological polar surface area (TPSA) is 66.0 Å². The van der Waals surface area contributed by atoms with E-state index in [0.717, 1.165) is 30.2 Å². The van der Waals surface area contributed by atoms with E-state index in [1.807, 2.05) is 18.2 Å². The molecule has 0 aromatic heterocycles. The van der Waals surface area contributed by atoms with E-state index in [2.05, 4.69) is 35.5 Å². The van der Waals surface area contributed by atoms with E-state index in [1.165, 1.54) is 25.7 Å². The van der Waals surface area contributed by atoms with E-state index in [0.29, 0.717) is 17.9 Å². The van der Waals surface area contributed by atoms with Gasteiger partial charge in [-0.2, -0.15) is 0 Å². The number of amides is 1. The monoisotopic (exact) mass is 528 g/mol. The molecule has 1 aliphatic carbocycles. The molecule has 7 heteroatoms. The molecule has 1 fully saturated rings. The molecular formula is C23H37IN4O2. The summed E-state index contributed by atoms with van der Waals surface area (Å²) in [6.45, 7) is 6.31. The highest BCUT2D eigenvalue weighted by Gasteiger charge is 2.37. The summed E-state index contributed by atoms with van der Waals surface area (Å²) in [6, 6.07) is 8.27. The molecule has 1 aromatic carbocycles. The molecule has 168 valence electrons. The van der Waals surface area contributed by atoms with Gasteiger partial charge in [-0.15, -0.1) is 24.0 Å². The molecule has 6 nitrogen and oxygen atoms in total. The first-order valence-electron chi connectivity index (χ1n) is 10.9. The number of rotatable bonds is 7. The van der Waals surface area contributed by atoms with Crippen LogP contribution in [0.25, 0.3) is 0 Å². The molecule has 2 aliphatic rings. The van der Waals surface area contributed by atoms with Gasteiger partial charge < -0.3 is 20.3 Å². The fraction of sp³-hybridized carbons (Fsp3) is 0.652. The molecule has 1 aliphatic heterocycles. The fourth-order valence-electron chi connectivity index (χ4n) is 4.36. The maximum atomic E-state index is 12.1. The zero-order valence-electron chi connectivity index (χ0n) is 18.7. The molecule has 3 rings (SSSR count). The van der Waals surface area contributed by atoms with Crippen LogP contribution in [0, 0.1) is 11.3 Å². The van der Waals surface area contributed by atoms with Gasteiger partial charge in [0.2, 0.25) is 5.91 Å². The minimum Gasteiger partial charge on any atom is -0.493 e. The van der Waals surface area contributed by atoms with Gasteiger partial charge in [-0.05, 0) is 36.7 Å². The number of guanidine groups is 1. The summed E-state index contributed by atoms with van der Waals surface area (Å²) in [6.07, 6.45) is 5.94. The van der Waals surface area contributed by atoms with Crippen molar-refractivity contribution in [1.82, 2.24) is 15.5 Å². The number of ether oxygens (including phenoxy) is 1. The molecule has 0 radical (unpaired) electrons. The Labute approximate surface area is 198 Å². The van der Waals surface area contributed by atoms with Gasteiger partial charge in [0, 0.05) is 32.6 Å². The average molecular weight is 528 g/mol. The lowest BCUT2D eigenvalue weighted by atomic mass is 9.64. The largest absolute Gasteiger partial charge is 0.493 e. The van der Waals surface area contributed by atoms with Gasteiger partial charge in [-0.1, -0.05) is 38.5 Å². The van der Waals surface area contributed by atoms with E-state index in [-0.39, 0.29) is 42.5 Å². The first-order chi connectivity index (χ1) is 13.9. The number of aliphatic imine (C=N–C) groups is 1. The van der Waals surface area contributed by atoms with E-state index in [1.54, 1.807) is 19.0 Å². The first kappa shape index (κ1) is 24.8. The summed E-state index contributed by atoms with van der Waals surface area (Å²) in [5.74, 6) is 2.33. The number of hydrogen-bond acceptors (Lipinski definition) is 3. The Balaban J connectivity index is 0.00000320. The van der Waals surface area contributed by atoms with E-state index in [9.17, 15) is 4.79 Å². The van der Waals surface area contributed by atoms with Gasteiger partial charge in [-0.3, -0.25) is 4.79 Å². The summed E-state index contributed by atoms with van der Waals surface area (Å²) in [5, 5.41) is 7.14. The van der Waals surface area contributed by atoms with Crippen LogP contribution in [0.3, 0.4) is 0 Å². The predicted molar refractivity (Wildman–Crippen MR) is 133 cm³/mol. The minimum atomic E-state index is -0.000912. The number of halogens is 1. The molecule has 1 atom stereocenters. The van der Waals surface area contributed by atoms with Gasteiger partial charge in [0.05, 0.1) is 12.6 Å². The lowest BCUT2D eigenvalue weighted by Crippen LogP contribution is -2.48. The van der Waals surface area contributed by atoms with Crippen LogP contribution >= 0.6 is 24.0 Å².